The van der Waals surface area contributed by atoms with Gasteiger partial charge in [-0.15, -0.1) is 0 Å². The summed E-state index contributed by atoms with van der Waals surface area (Å²) in [5.74, 6) is 1.04. The van der Waals surface area contributed by atoms with Gasteiger partial charge >= 0.3 is 0 Å². The second-order valence-corrected chi connectivity index (χ2v) is 4.26. The summed E-state index contributed by atoms with van der Waals surface area (Å²) < 4.78 is 0. The van der Waals surface area contributed by atoms with Crippen LogP contribution < -0.4 is 11.1 Å². The van der Waals surface area contributed by atoms with Crippen molar-refractivity contribution in [3.8, 4) is 0 Å². The molecular formula is C11H22N2O. The van der Waals surface area contributed by atoms with Gasteiger partial charge in [-0.1, -0.05) is 13.3 Å². The van der Waals surface area contributed by atoms with Crippen molar-refractivity contribution in [2.45, 2.75) is 39.0 Å². The van der Waals surface area contributed by atoms with E-state index in [1.165, 1.54) is 6.42 Å². The van der Waals surface area contributed by atoms with E-state index >= 15 is 0 Å². The summed E-state index contributed by atoms with van der Waals surface area (Å²) in [5, 5.41) is 2.97. The van der Waals surface area contributed by atoms with E-state index in [2.05, 4.69) is 12.2 Å². The van der Waals surface area contributed by atoms with Gasteiger partial charge in [0.2, 0.25) is 5.91 Å². The van der Waals surface area contributed by atoms with Gasteiger partial charge in [0.15, 0.2) is 0 Å². The minimum atomic E-state index is 0.226. The van der Waals surface area contributed by atoms with Crippen LogP contribution in [0.4, 0.5) is 0 Å². The van der Waals surface area contributed by atoms with E-state index in [1.807, 2.05) is 0 Å². The molecular weight excluding hydrogens is 176 g/mol. The lowest BCUT2D eigenvalue weighted by molar-refractivity contribution is -0.126. The summed E-state index contributed by atoms with van der Waals surface area (Å²) in [6.45, 7) is 3.62. The Kier molecular flexibility index (Phi) is 4.94. The number of nitrogens with two attached hydrogens (primary N) is 1. The molecule has 3 nitrogen and oxygen atoms in total. The van der Waals surface area contributed by atoms with Crippen molar-refractivity contribution in [2.75, 3.05) is 13.1 Å². The van der Waals surface area contributed by atoms with Crippen LogP contribution in [0.5, 0.6) is 0 Å². The maximum Gasteiger partial charge on any atom is 0.223 e. The fraction of sp³-hybridized carbons (Fsp3) is 0.909. The number of carbonyl (C=O) groups is 1. The molecule has 0 spiro atoms. The zero-order valence-corrected chi connectivity index (χ0v) is 9.09. The minimum Gasteiger partial charge on any atom is -0.356 e. The van der Waals surface area contributed by atoms with Gasteiger partial charge in [0.25, 0.3) is 0 Å². The highest BCUT2D eigenvalue weighted by Crippen LogP contribution is 2.28. The summed E-state index contributed by atoms with van der Waals surface area (Å²) in [5.41, 5.74) is 5.63. The molecule has 1 fully saturated rings. The maximum atomic E-state index is 11.7. The number of hydrogen-bond acceptors (Lipinski definition) is 2. The monoisotopic (exact) mass is 198 g/mol. The van der Waals surface area contributed by atoms with Gasteiger partial charge in [-0.2, -0.15) is 0 Å². The van der Waals surface area contributed by atoms with Crippen molar-refractivity contribution in [3.63, 3.8) is 0 Å². The van der Waals surface area contributed by atoms with Gasteiger partial charge in [-0.05, 0) is 38.1 Å². The van der Waals surface area contributed by atoms with Gasteiger partial charge in [-0.25, -0.2) is 0 Å². The minimum absolute atomic E-state index is 0.226. The van der Waals surface area contributed by atoms with Crippen LogP contribution in [0.25, 0.3) is 0 Å². The number of carbonyl (C=O) groups excluding carboxylic acids is 1. The lowest BCUT2D eigenvalue weighted by Gasteiger charge is -2.27. The molecule has 0 saturated heterocycles. The van der Waals surface area contributed by atoms with Crippen LogP contribution in [-0.2, 0) is 4.79 Å². The number of nitrogens with one attached hydrogen (secondary N) is 1. The average molecular weight is 198 g/mol. The summed E-state index contributed by atoms with van der Waals surface area (Å²) in [4.78, 5) is 11.7. The van der Waals surface area contributed by atoms with E-state index in [-0.39, 0.29) is 11.8 Å². The Hall–Kier alpha value is -0.570. The standard InChI is InChI=1S/C11H22N2O/c1-2-6-13-11(14)10-5-3-4-9(7-10)8-12/h9-10H,2-8,12H2,1H3,(H,13,14). The molecule has 1 aliphatic rings. The lowest BCUT2D eigenvalue weighted by atomic mass is 9.81. The predicted octanol–water partition coefficient (Wildman–Crippen LogP) is 1.28. The molecule has 1 amide bonds. The van der Waals surface area contributed by atoms with E-state index in [0.717, 1.165) is 38.8 Å². The van der Waals surface area contributed by atoms with E-state index in [4.69, 9.17) is 5.73 Å². The third-order valence-corrected chi connectivity index (χ3v) is 3.04. The molecule has 2 atom stereocenters. The number of hydrogen-bond donors (Lipinski definition) is 2. The largest absolute Gasteiger partial charge is 0.356 e. The van der Waals surface area contributed by atoms with Gasteiger partial charge in [0.1, 0.15) is 0 Å². The van der Waals surface area contributed by atoms with E-state index in [1.54, 1.807) is 0 Å². The first-order chi connectivity index (χ1) is 6.77. The van der Waals surface area contributed by atoms with E-state index in [9.17, 15) is 4.79 Å². The fourth-order valence-electron chi connectivity index (χ4n) is 2.14. The molecule has 0 heterocycles. The van der Waals surface area contributed by atoms with Crippen molar-refractivity contribution in [3.05, 3.63) is 0 Å². The first kappa shape index (κ1) is 11.5. The molecule has 1 aliphatic carbocycles. The Labute approximate surface area is 86.4 Å². The van der Waals surface area contributed by atoms with Gasteiger partial charge in [-0.3, -0.25) is 4.79 Å². The molecule has 0 radical (unpaired) electrons. The van der Waals surface area contributed by atoms with Crippen LogP contribution in [0.1, 0.15) is 39.0 Å². The fourth-order valence-corrected chi connectivity index (χ4v) is 2.14. The highest BCUT2D eigenvalue weighted by Gasteiger charge is 2.25. The molecule has 0 aromatic carbocycles. The van der Waals surface area contributed by atoms with E-state index in [0.29, 0.717) is 5.92 Å². The van der Waals surface area contributed by atoms with Crippen LogP contribution in [-0.4, -0.2) is 19.0 Å². The topological polar surface area (TPSA) is 55.1 Å². The molecule has 0 aromatic rings. The van der Waals surface area contributed by atoms with Crippen LogP contribution in [0.15, 0.2) is 0 Å². The zero-order chi connectivity index (χ0) is 10.4. The number of rotatable bonds is 4. The highest BCUT2D eigenvalue weighted by atomic mass is 16.1. The first-order valence-electron chi connectivity index (χ1n) is 5.75. The van der Waals surface area contributed by atoms with Gasteiger partial charge in [0.05, 0.1) is 0 Å². The summed E-state index contributed by atoms with van der Waals surface area (Å²) in [7, 11) is 0. The van der Waals surface area contributed by atoms with Crippen LogP contribution in [0.2, 0.25) is 0 Å². The smallest absolute Gasteiger partial charge is 0.223 e. The Morgan fingerprint density at radius 2 is 2.29 bits per heavy atom. The quantitative estimate of drug-likeness (QED) is 0.715. The Morgan fingerprint density at radius 1 is 1.50 bits per heavy atom. The third-order valence-electron chi connectivity index (χ3n) is 3.04. The molecule has 2 unspecified atom stereocenters. The molecule has 14 heavy (non-hydrogen) atoms. The molecule has 1 rings (SSSR count). The molecule has 0 aliphatic heterocycles. The summed E-state index contributed by atoms with van der Waals surface area (Å²) in [6.07, 6.45) is 5.41. The molecule has 0 bridgehead atoms. The molecule has 1 saturated carbocycles. The Morgan fingerprint density at radius 3 is 2.93 bits per heavy atom. The molecule has 3 N–H and O–H groups in total. The normalized spacial score (nSPS) is 27.3. The zero-order valence-electron chi connectivity index (χ0n) is 9.09. The van der Waals surface area contributed by atoms with Gasteiger partial charge in [0, 0.05) is 12.5 Å². The lowest BCUT2D eigenvalue weighted by Crippen LogP contribution is -2.35. The average Bonchev–Trinajstić information content (AvgIpc) is 2.26. The SMILES string of the molecule is CCCNC(=O)C1CCCC(CN)C1. The van der Waals surface area contributed by atoms with Crippen LogP contribution in [0.3, 0.4) is 0 Å². The van der Waals surface area contributed by atoms with Crippen molar-refractivity contribution >= 4 is 5.91 Å². The van der Waals surface area contributed by atoms with Crippen LogP contribution in [0, 0.1) is 11.8 Å². The summed E-state index contributed by atoms with van der Waals surface area (Å²) in [6, 6.07) is 0. The molecule has 0 aromatic heterocycles. The molecule has 82 valence electrons. The van der Waals surface area contributed by atoms with Crippen LogP contribution >= 0.6 is 0 Å². The third kappa shape index (κ3) is 3.29. The van der Waals surface area contributed by atoms with Gasteiger partial charge < -0.3 is 11.1 Å². The number of amides is 1. The van der Waals surface area contributed by atoms with Crippen molar-refractivity contribution in [1.82, 2.24) is 5.32 Å². The van der Waals surface area contributed by atoms with E-state index < -0.39 is 0 Å². The Bertz CT molecular complexity index is 182. The Balaban J connectivity index is 2.31. The highest BCUT2D eigenvalue weighted by molar-refractivity contribution is 5.78. The predicted molar refractivity (Wildman–Crippen MR) is 57.8 cm³/mol. The van der Waals surface area contributed by atoms with Crippen molar-refractivity contribution in [1.29, 1.82) is 0 Å². The first-order valence-corrected chi connectivity index (χ1v) is 5.75. The summed E-state index contributed by atoms with van der Waals surface area (Å²) >= 11 is 0. The van der Waals surface area contributed by atoms with Crippen molar-refractivity contribution < 1.29 is 4.79 Å². The molecule has 3 heteroatoms. The second kappa shape index (κ2) is 6.02. The van der Waals surface area contributed by atoms with Crippen molar-refractivity contribution in [2.24, 2.45) is 17.6 Å². The second-order valence-electron chi connectivity index (χ2n) is 4.26. The maximum absolute atomic E-state index is 11.7.